The molecule has 0 spiro atoms. The summed E-state index contributed by atoms with van der Waals surface area (Å²) in [6.07, 6.45) is 0. The lowest BCUT2D eigenvalue weighted by Crippen LogP contribution is -2.14. The zero-order valence-electron chi connectivity index (χ0n) is 23.1. The van der Waals surface area contributed by atoms with Gasteiger partial charge in [0.2, 0.25) is 0 Å². The molecule has 8 aromatic rings. The van der Waals surface area contributed by atoms with E-state index in [0.29, 0.717) is 0 Å². The van der Waals surface area contributed by atoms with Crippen LogP contribution in [0.25, 0.3) is 66.1 Å². The van der Waals surface area contributed by atoms with E-state index in [1.165, 1.54) is 77.2 Å². The van der Waals surface area contributed by atoms with Crippen LogP contribution in [0.15, 0.2) is 133 Å². The summed E-state index contributed by atoms with van der Waals surface area (Å²) in [5, 5.41) is 5.13. The van der Waals surface area contributed by atoms with Crippen molar-refractivity contribution in [1.82, 2.24) is 9.13 Å². The molecule has 0 N–H and O–H groups in total. The highest BCUT2D eigenvalue weighted by atomic mass is 15.0. The molecule has 0 saturated heterocycles. The number of hydrogen-bond acceptors (Lipinski definition) is 0. The maximum Gasteiger partial charge on any atom is 0.0622 e. The Morgan fingerprint density at radius 2 is 1.07 bits per heavy atom. The van der Waals surface area contributed by atoms with Crippen molar-refractivity contribution in [2.24, 2.45) is 0 Å². The minimum Gasteiger partial charge on any atom is -0.309 e. The first-order chi connectivity index (χ1) is 20.1. The Bertz CT molecular complexity index is 2330. The molecule has 194 valence electrons. The van der Waals surface area contributed by atoms with Crippen LogP contribution in [-0.4, -0.2) is 9.13 Å². The Labute approximate surface area is 238 Å². The molecule has 0 aliphatic heterocycles. The molecule has 0 amide bonds. The van der Waals surface area contributed by atoms with Crippen LogP contribution in [0.4, 0.5) is 0 Å². The van der Waals surface area contributed by atoms with Gasteiger partial charge in [0.1, 0.15) is 0 Å². The molecule has 2 heteroatoms. The Kier molecular flexibility index (Phi) is 4.42. The van der Waals surface area contributed by atoms with E-state index in [-0.39, 0.29) is 5.41 Å². The molecule has 0 fully saturated rings. The lowest BCUT2D eigenvalue weighted by Gasteiger charge is -2.21. The molecule has 2 heterocycles. The van der Waals surface area contributed by atoms with Gasteiger partial charge in [0.15, 0.2) is 0 Å². The van der Waals surface area contributed by atoms with Crippen molar-refractivity contribution < 1.29 is 0 Å². The van der Waals surface area contributed by atoms with Crippen LogP contribution in [0.5, 0.6) is 0 Å². The lowest BCUT2D eigenvalue weighted by molar-refractivity contribution is 0.661. The molecule has 0 bridgehead atoms. The summed E-state index contributed by atoms with van der Waals surface area (Å²) < 4.78 is 4.90. The number of para-hydroxylation sites is 3. The van der Waals surface area contributed by atoms with E-state index < -0.39 is 0 Å². The number of rotatable bonds is 2. The highest BCUT2D eigenvalue weighted by molar-refractivity contribution is 6.16. The second-order valence-electron chi connectivity index (χ2n) is 11.8. The predicted molar refractivity (Wildman–Crippen MR) is 173 cm³/mol. The molecule has 1 aliphatic rings. The van der Waals surface area contributed by atoms with Crippen LogP contribution in [0.1, 0.15) is 25.0 Å². The largest absolute Gasteiger partial charge is 0.309 e. The maximum atomic E-state index is 2.51. The quantitative estimate of drug-likeness (QED) is 0.213. The van der Waals surface area contributed by atoms with Gasteiger partial charge in [-0.1, -0.05) is 105 Å². The fourth-order valence-electron chi connectivity index (χ4n) is 7.47. The van der Waals surface area contributed by atoms with Crippen LogP contribution in [0.3, 0.4) is 0 Å². The van der Waals surface area contributed by atoms with E-state index in [2.05, 4.69) is 156 Å². The summed E-state index contributed by atoms with van der Waals surface area (Å²) in [7, 11) is 0. The van der Waals surface area contributed by atoms with Crippen molar-refractivity contribution in [1.29, 1.82) is 0 Å². The van der Waals surface area contributed by atoms with Crippen molar-refractivity contribution in [3.05, 3.63) is 145 Å². The van der Waals surface area contributed by atoms with Gasteiger partial charge < -0.3 is 9.13 Å². The molecule has 6 aromatic carbocycles. The first-order valence-electron chi connectivity index (χ1n) is 14.4. The van der Waals surface area contributed by atoms with E-state index in [4.69, 9.17) is 0 Å². The van der Waals surface area contributed by atoms with Gasteiger partial charge in [0.25, 0.3) is 0 Å². The van der Waals surface area contributed by atoms with Crippen molar-refractivity contribution in [3.8, 4) is 22.5 Å². The number of hydrogen-bond donors (Lipinski definition) is 0. The summed E-state index contributed by atoms with van der Waals surface area (Å²) in [6.45, 7) is 4.72. The van der Waals surface area contributed by atoms with Gasteiger partial charge in [-0.15, -0.1) is 0 Å². The molecule has 1 aliphatic carbocycles. The molecule has 2 aromatic heterocycles. The molecule has 0 atom stereocenters. The van der Waals surface area contributed by atoms with E-state index in [9.17, 15) is 0 Å². The summed E-state index contributed by atoms with van der Waals surface area (Å²) in [5.74, 6) is 0. The van der Waals surface area contributed by atoms with Crippen LogP contribution in [0.2, 0.25) is 0 Å². The minimum atomic E-state index is -0.0472. The zero-order valence-corrected chi connectivity index (χ0v) is 23.1. The molecular formula is C39H28N2. The first-order valence-corrected chi connectivity index (χ1v) is 14.4. The van der Waals surface area contributed by atoms with Crippen LogP contribution in [-0.2, 0) is 5.41 Å². The predicted octanol–water partition coefficient (Wildman–Crippen LogP) is 10.2. The average molecular weight is 525 g/mol. The lowest BCUT2D eigenvalue weighted by atomic mass is 9.82. The van der Waals surface area contributed by atoms with Gasteiger partial charge in [-0.2, -0.15) is 0 Å². The van der Waals surface area contributed by atoms with E-state index in [0.717, 1.165) is 0 Å². The normalized spacial score (nSPS) is 13.8. The van der Waals surface area contributed by atoms with Crippen LogP contribution < -0.4 is 0 Å². The summed E-state index contributed by atoms with van der Waals surface area (Å²) >= 11 is 0. The van der Waals surface area contributed by atoms with E-state index >= 15 is 0 Å². The van der Waals surface area contributed by atoms with Crippen molar-refractivity contribution in [2.75, 3.05) is 0 Å². The molecule has 9 rings (SSSR count). The van der Waals surface area contributed by atoms with Gasteiger partial charge in [-0.3, -0.25) is 0 Å². The number of fused-ring (bicyclic) bond motifs is 10. The maximum absolute atomic E-state index is 2.51. The SMILES string of the molecule is CC1(C)c2ccccc2-c2c1ccc1c3ccccc3n(-c3ccc4c(c3)c3ccccc3n4-c3ccccc3)c21. The number of nitrogens with zero attached hydrogens (tertiary/aromatic N) is 2. The van der Waals surface area contributed by atoms with Crippen LogP contribution in [0, 0.1) is 0 Å². The third kappa shape index (κ3) is 2.92. The molecule has 0 radical (unpaired) electrons. The second kappa shape index (κ2) is 7.99. The summed E-state index contributed by atoms with van der Waals surface area (Å²) in [4.78, 5) is 0. The third-order valence-electron chi connectivity index (χ3n) is 9.31. The van der Waals surface area contributed by atoms with Gasteiger partial charge in [0.05, 0.1) is 22.1 Å². The summed E-state index contributed by atoms with van der Waals surface area (Å²) in [5.41, 5.74) is 12.8. The smallest absolute Gasteiger partial charge is 0.0622 e. The topological polar surface area (TPSA) is 9.86 Å². The monoisotopic (exact) mass is 524 g/mol. The molecule has 0 unspecified atom stereocenters. The van der Waals surface area contributed by atoms with Gasteiger partial charge in [-0.25, -0.2) is 0 Å². The second-order valence-corrected chi connectivity index (χ2v) is 11.8. The Balaban J connectivity index is 1.42. The standard InChI is InChI=1S/C39H28N2/c1-39(2)32-17-9-6-16-30(32)37-33(39)22-21-29-27-14-7-11-19-35(27)41(38(29)37)26-20-23-36-31(24-26)28-15-8-10-18-34(28)40(36)25-12-4-3-5-13-25/h3-24H,1-2H3. The van der Waals surface area contributed by atoms with Crippen molar-refractivity contribution in [2.45, 2.75) is 19.3 Å². The first kappa shape index (κ1) is 22.7. The van der Waals surface area contributed by atoms with E-state index in [1.54, 1.807) is 0 Å². The van der Waals surface area contributed by atoms with Gasteiger partial charge in [0, 0.05) is 43.9 Å². The van der Waals surface area contributed by atoms with Gasteiger partial charge in [-0.05, 0) is 59.2 Å². The average Bonchev–Trinajstić information content (AvgIpc) is 3.61. The van der Waals surface area contributed by atoms with Crippen molar-refractivity contribution in [3.63, 3.8) is 0 Å². The summed E-state index contributed by atoms with van der Waals surface area (Å²) in [6, 6.07) is 49.0. The number of aromatic nitrogens is 2. The van der Waals surface area contributed by atoms with E-state index in [1.807, 2.05) is 0 Å². The fourth-order valence-corrected chi connectivity index (χ4v) is 7.47. The Hall–Kier alpha value is -5.08. The minimum absolute atomic E-state index is 0.0472. The third-order valence-corrected chi connectivity index (χ3v) is 9.31. The fraction of sp³-hybridized carbons (Fsp3) is 0.0769. The molecule has 0 saturated carbocycles. The Morgan fingerprint density at radius 3 is 1.88 bits per heavy atom. The molecule has 2 nitrogen and oxygen atoms in total. The van der Waals surface area contributed by atoms with Crippen molar-refractivity contribution >= 4 is 43.6 Å². The van der Waals surface area contributed by atoms with Gasteiger partial charge >= 0.3 is 0 Å². The Morgan fingerprint density at radius 1 is 0.439 bits per heavy atom. The number of benzene rings is 6. The highest BCUT2D eigenvalue weighted by Crippen LogP contribution is 2.52. The zero-order chi connectivity index (χ0) is 27.3. The highest BCUT2D eigenvalue weighted by Gasteiger charge is 2.37. The molecule has 41 heavy (non-hydrogen) atoms. The van der Waals surface area contributed by atoms with Crippen LogP contribution >= 0.6 is 0 Å². The molecular weight excluding hydrogens is 496 g/mol.